The van der Waals surface area contributed by atoms with Gasteiger partial charge < -0.3 is 14.9 Å². The summed E-state index contributed by atoms with van der Waals surface area (Å²) in [4.78, 5) is 10.6. The highest BCUT2D eigenvalue weighted by Crippen LogP contribution is 2.27. The van der Waals surface area contributed by atoms with Crippen LogP contribution in [0.3, 0.4) is 0 Å². The minimum atomic E-state index is -1.35. The van der Waals surface area contributed by atoms with E-state index in [4.69, 9.17) is 5.11 Å². The molecule has 0 saturated heterocycles. The van der Waals surface area contributed by atoms with Gasteiger partial charge in [-0.25, -0.2) is 9.00 Å². The van der Waals surface area contributed by atoms with Gasteiger partial charge in [-0.2, -0.15) is 0 Å². The number of anilines is 1. The lowest BCUT2D eigenvalue weighted by Gasteiger charge is -2.06. The third-order valence-corrected chi connectivity index (χ3v) is 2.03. The molecule has 6 heteroatoms. The summed E-state index contributed by atoms with van der Waals surface area (Å²) in [5.74, 6) is -1.64. The average Bonchev–Trinajstić information content (AvgIpc) is 2.07. The first kappa shape index (κ1) is 10.5. The van der Waals surface area contributed by atoms with Crippen LogP contribution in [0.25, 0.3) is 0 Å². The first-order valence-electron chi connectivity index (χ1n) is 3.67. The van der Waals surface area contributed by atoms with Crippen molar-refractivity contribution in [3.63, 3.8) is 0 Å². The molecule has 0 amide bonds. The largest absolute Gasteiger partial charge is 0.505 e. The lowest BCUT2D eigenvalue weighted by atomic mass is 10.2. The fraction of sp³-hybridized carbons (Fsp3) is 0.125. The van der Waals surface area contributed by atoms with Gasteiger partial charge in [0.2, 0.25) is 0 Å². The molecule has 0 radical (unpaired) electrons. The number of benzene rings is 1. The van der Waals surface area contributed by atoms with Gasteiger partial charge in [0.25, 0.3) is 0 Å². The van der Waals surface area contributed by atoms with Crippen molar-refractivity contribution >= 4 is 22.6 Å². The van der Waals surface area contributed by atoms with E-state index in [1.165, 1.54) is 24.5 Å². The second kappa shape index (κ2) is 4.10. The molecule has 0 heterocycles. The molecule has 0 fully saturated rings. The summed E-state index contributed by atoms with van der Waals surface area (Å²) in [5, 5.41) is 18.1. The van der Waals surface area contributed by atoms with Gasteiger partial charge in [0.1, 0.15) is 16.5 Å². The first-order valence-corrected chi connectivity index (χ1v) is 5.23. The van der Waals surface area contributed by atoms with E-state index in [0.29, 0.717) is 0 Å². The third-order valence-electron chi connectivity index (χ3n) is 1.52. The number of aromatic hydroxyl groups is 1. The monoisotopic (exact) mass is 215 g/mol. The van der Waals surface area contributed by atoms with Crippen LogP contribution >= 0.6 is 0 Å². The molecular weight excluding hydrogens is 206 g/mol. The zero-order valence-electron chi connectivity index (χ0n) is 7.35. The van der Waals surface area contributed by atoms with Crippen molar-refractivity contribution < 1.29 is 19.2 Å². The highest BCUT2D eigenvalue weighted by atomic mass is 32.2. The Labute approximate surface area is 83.0 Å². The third kappa shape index (κ3) is 2.23. The van der Waals surface area contributed by atoms with Crippen LogP contribution in [0.15, 0.2) is 18.2 Å². The number of carboxylic acids is 1. The molecule has 1 atom stereocenters. The minimum Gasteiger partial charge on any atom is -0.505 e. The zero-order valence-corrected chi connectivity index (χ0v) is 8.17. The number of para-hydroxylation sites is 1. The molecule has 76 valence electrons. The van der Waals surface area contributed by atoms with Gasteiger partial charge >= 0.3 is 5.97 Å². The predicted molar refractivity (Wildman–Crippen MR) is 52.8 cm³/mol. The Bertz CT molecular complexity index is 391. The molecule has 1 aromatic carbocycles. The Kier molecular flexibility index (Phi) is 3.08. The summed E-state index contributed by atoms with van der Waals surface area (Å²) in [6.07, 6.45) is 1.38. The number of nitrogens with one attached hydrogen (secondary N) is 1. The molecule has 0 bridgehead atoms. The fourth-order valence-corrected chi connectivity index (χ4v) is 1.43. The van der Waals surface area contributed by atoms with Crippen LogP contribution in [-0.2, 0) is 11.0 Å². The van der Waals surface area contributed by atoms with Gasteiger partial charge in [0.15, 0.2) is 5.75 Å². The van der Waals surface area contributed by atoms with E-state index in [-0.39, 0.29) is 11.3 Å². The van der Waals surface area contributed by atoms with Crippen molar-refractivity contribution in [2.75, 3.05) is 11.0 Å². The molecule has 5 nitrogen and oxygen atoms in total. The minimum absolute atomic E-state index is 0.144. The summed E-state index contributed by atoms with van der Waals surface area (Å²) in [5.41, 5.74) is -0.0776. The SMILES string of the molecule is CS(=O)Nc1cccc(C(=O)O)c1O. The normalized spacial score (nSPS) is 12.1. The molecule has 1 rings (SSSR count). The second-order valence-electron chi connectivity index (χ2n) is 2.56. The van der Waals surface area contributed by atoms with Crippen molar-refractivity contribution in [3.05, 3.63) is 23.8 Å². The lowest BCUT2D eigenvalue weighted by molar-refractivity contribution is 0.0694. The highest BCUT2D eigenvalue weighted by Gasteiger charge is 2.12. The summed E-state index contributed by atoms with van der Waals surface area (Å²) >= 11 is 0. The first-order chi connectivity index (χ1) is 6.52. The lowest BCUT2D eigenvalue weighted by Crippen LogP contribution is -2.04. The fourth-order valence-electron chi connectivity index (χ4n) is 0.953. The Balaban J connectivity index is 3.13. The number of hydrogen-bond acceptors (Lipinski definition) is 3. The van der Waals surface area contributed by atoms with Crippen molar-refractivity contribution in [2.45, 2.75) is 0 Å². The summed E-state index contributed by atoms with van der Waals surface area (Å²) in [6, 6.07) is 4.17. The maximum Gasteiger partial charge on any atom is 0.339 e. The molecule has 14 heavy (non-hydrogen) atoms. The van der Waals surface area contributed by atoms with E-state index in [1.54, 1.807) is 0 Å². The molecule has 0 aliphatic rings. The number of phenols is 1. The van der Waals surface area contributed by atoms with Crippen molar-refractivity contribution in [3.8, 4) is 5.75 Å². The van der Waals surface area contributed by atoms with Crippen LogP contribution in [0, 0.1) is 0 Å². The van der Waals surface area contributed by atoms with Crippen LogP contribution in [0.4, 0.5) is 5.69 Å². The summed E-state index contributed by atoms with van der Waals surface area (Å²) in [7, 11) is -1.35. The van der Waals surface area contributed by atoms with E-state index in [0.717, 1.165) is 0 Å². The molecule has 0 spiro atoms. The van der Waals surface area contributed by atoms with Gasteiger partial charge in [-0.1, -0.05) is 6.07 Å². The Hall–Kier alpha value is -1.56. The molecule has 0 aliphatic carbocycles. The topological polar surface area (TPSA) is 86.6 Å². The van der Waals surface area contributed by atoms with E-state index in [9.17, 15) is 14.1 Å². The molecule has 1 aromatic rings. The number of hydrogen-bond donors (Lipinski definition) is 3. The maximum atomic E-state index is 10.8. The number of carbonyl (C=O) groups is 1. The number of rotatable bonds is 3. The van der Waals surface area contributed by atoms with Crippen molar-refractivity contribution in [2.24, 2.45) is 0 Å². The van der Waals surface area contributed by atoms with E-state index >= 15 is 0 Å². The summed E-state index contributed by atoms with van der Waals surface area (Å²) < 4.78 is 13.2. The van der Waals surface area contributed by atoms with E-state index in [1.807, 2.05) is 0 Å². The molecule has 0 aromatic heterocycles. The van der Waals surface area contributed by atoms with Crippen LogP contribution in [0.5, 0.6) is 5.75 Å². The van der Waals surface area contributed by atoms with Crippen LogP contribution in [0.2, 0.25) is 0 Å². The Morgan fingerprint density at radius 3 is 2.64 bits per heavy atom. The molecule has 0 aliphatic heterocycles. The van der Waals surface area contributed by atoms with Gasteiger partial charge in [-0.15, -0.1) is 0 Å². The van der Waals surface area contributed by atoms with Crippen molar-refractivity contribution in [1.82, 2.24) is 0 Å². The number of carboxylic acid groups (broad SMARTS) is 1. The van der Waals surface area contributed by atoms with Crippen LogP contribution in [-0.4, -0.2) is 26.6 Å². The molecule has 3 N–H and O–H groups in total. The number of aromatic carboxylic acids is 1. The zero-order chi connectivity index (χ0) is 10.7. The second-order valence-corrected chi connectivity index (χ2v) is 3.68. The maximum absolute atomic E-state index is 10.8. The van der Waals surface area contributed by atoms with Gasteiger partial charge in [-0.3, -0.25) is 0 Å². The van der Waals surface area contributed by atoms with E-state index in [2.05, 4.69) is 4.72 Å². The summed E-state index contributed by atoms with van der Waals surface area (Å²) in [6.45, 7) is 0. The smallest absolute Gasteiger partial charge is 0.339 e. The van der Waals surface area contributed by atoms with Gasteiger partial charge in [0, 0.05) is 6.26 Å². The standard InChI is InChI=1S/C8H9NO4S/c1-14(13)9-6-4-2-3-5(7(6)10)8(11)12/h2-4,9-10H,1H3,(H,11,12). The quantitative estimate of drug-likeness (QED) is 0.651. The van der Waals surface area contributed by atoms with Crippen LogP contribution in [0.1, 0.15) is 10.4 Å². The molecule has 0 saturated carbocycles. The van der Waals surface area contributed by atoms with Gasteiger partial charge in [0.05, 0.1) is 5.69 Å². The van der Waals surface area contributed by atoms with Gasteiger partial charge in [-0.05, 0) is 12.1 Å². The Morgan fingerprint density at radius 1 is 1.50 bits per heavy atom. The van der Waals surface area contributed by atoms with Crippen molar-refractivity contribution in [1.29, 1.82) is 0 Å². The average molecular weight is 215 g/mol. The van der Waals surface area contributed by atoms with Crippen LogP contribution < -0.4 is 4.72 Å². The predicted octanol–water partition coefficient (Wildman–Crippen LogP) is 0.796. The molecular formula is C8H9NO4S. The molecule has 1 unspecified atom stereocenters. The highest BCUT2D eigenvalue weighted by molar-refractivity contribution is 7.85. The van der Waals surface area contributed by atoms with E-state index < -0.39 is 22.7 Å². The Morgan fingerprint density at radius 2 is 2.14 bits per heavy atom.